The van der Waals surface area contributed by atoms with Crippen LogP contribution in [0.2, 0.25) is 0 Å². The maximum atomic E-state index is 9.55. The van der Waals surface area contributed by atoms with E-state index in [1.54, 1.807) is 6.92 Å². The van der Waals surface area contributed by atoms with Gasteiger partial charge in [0.05, 0.1) is 12.1 Å². The van der Waals surface area contributed by atoms with Gasteiger partial charge in [-0.3, -0.25) is 4.99 Å². The molecule has 0 heterocycles. The smallest absolute Gasteiger partial charge is 0.186 e. The van der Waals surface area contributed by atoms with Gasteiger partial charge in [-0.25, -0.2) is 0 Å². The molecule has 4 nitrogen and oxygen atoms in total. The summed E-state index contributed by atoms with van der Waals surface area (Å²) in [5, 5.41) is 9.55. The fraction of sp³-hybridized carbons (Fsp3) is 0.857. The first-order valence-electron chi connectivity index (χ1n) is 3.76. The van der Waals surface area contributed by atoms with Gasteiger partial charge in [0, 0.05) is 0 Å². The molecule has 0 spiro atoms. The second-order valence-electron chi connectivity index (χ2n) is 2.99. The second-order valence-corrected chi connectivity index (χ2v) is 2.99. The highest BCUT2D eigenvalue weighted by atomic mass is 16.3. The quantitative estimate of drug-likeness (QED) is 0.392. The van der Waals surface area contributed by atoms with Gasteiger partial charge in [-0.05, 0) is 13.3 Å². The van der Waals surface area contributed by atoms with Crippen LogP contribution < -0.4 is 11.5 Å². The number of nitrogens with two attached hydrogens (primary N) is 2. The van der Waals surface area contributed by atoms with Crippen LogP contribution in [0.15, 0.2) is 4.99 Å². The fourth-order valence-electron chi connectivity index (χ4n) is 0.879. The van der Waals surface area contributed by atoms with E-state index in [1.807, 2.05) is 6.92 Å². The standard InChI is InChI=1S/C7H17N3O/c1-3-4-7(2,11)5-10-6(8)9/h11H,3-5H2,1-2H3,(H4,8,9,10). The van der Waals surface area contributed by atoms with Crippen LogP contribution in [0, 0.1) is 0 Å². The van der Waals surface area contributed by atoms with Crippen molar-refractivity contribution in [3.05, 3.63) is 0 Å². The Morgan fingerprint density at radius 2 is 2.09 bits per heavy atom. The Hall–Kier alpha value is -0.770. The lowest BCUT2D eigenvalue weighted by atomic mass is 10.0. The van der Waals surface area contributed by atoms with Crippen LogP contribution in [0.5, 0.6) is 0 Å². The third kappa shape index (κ3) is 5.66. The first-order valence-corrected chi connectivity index (χ1v) is 3.76. The van der Waals surface area contributed by atoms with E-state index in [1.165, 1.54) is 0 Å². The molecule has 0 amide bonds. The first kappa shape index (κ1) is 10.2. The lowest BCUT2D eigenvalue weighted by Gasteiger charge is -2.19. The van der Waals surface area contributed by atoms with E-state index in [9.17, 15) is 5.11 Å². The molecule has 66 valence electrons. The van der Waals surface area contributed by atoms with Gasteiger partial charge in [0.2, 0.25) is 0 Å². The summed E-state index contributed by atoms with van der Waals surface area (Å²) in [7, 11) is 0. The number of hydrogen-bond acceptors (Lipinski definition) is 2. The molecule has 0 fully saturated rings. The molecule has 0 bridgehead atoms. The van der Waals surface area contributed by atoms with Crippen molar-refractivity contribution in [3.8, 4) is 0 Å². The molecule has 0 radical (unpaired) electrons. The van der Waals surface area contributed by atoms with E-state index in [4.69, 9.17) is 11.5 Å². The molecule has 0 rings (SSSR count). The van der Waals surface area contributed by atoms with Crippen molar-refractivity contribution in [2.75, 3.05) is 6.54 Å². The number of hydrogen-bond donors (Lipinski definition) is 3. The van der Waals surface area contributed by atoms with Crippen molar-refractivity contribution in [2.45, 2.75) is 32.3 Å². The molecule has 0 aromatic rings. The molecule has 0 saturated heterocycles. The van der Waals surface area contributed by atoms with Crippen molar-refractivity contribution in [2.24, 2.45) is 16.5 Å². The maximum absolute atomic E-state index is 9.55. The summed E-state index contributed by atoms with van der Waals surface area (Å²) in [5.41, 5.74) is 9.46. The van der Waals surface area contributed by atoms with Gasteiger partial charge in [0.15, 0.2) is 5.96 Å². The van der Waals surface area contributed by atoms with E-state index in [0.717, 1.165) is 6.42 Å². The molecule has 0 aliphatic carbocycles. The molecular formula is C7H17N3O. The molecule has 5 N–H and O–H groups in total. The summed E-state index contributed by atoms with van der Waals surface area (Å²) in [4.78, 5) is 3.74. The number of aliphatic hydroxyl groups is 1. The van der Waals surface area contributed by atoms with Crippen molar-refractivity contribution in [1.82, 2.24) is 0 Å². The van der Waals surface area contributed by atoms with Crippen LogP contribution in [0.3, 0.4) is 0 Å². The monoisotopic (exact) mass is 159 g/mol. The summed E-state index contributed by atoms with van der Waals surface area (Å²) in [6, 6.07) is 0. The van der Waals surface area contributed by atoms with E-state index < -0.39 is 5.60 Å². The number of aliphatic imine (C=N–C) groups is 1. The second kappa shape index (κ2) is 4.18. The Balaban J connectivity index is 3.81. The molecule has 1 unspecified atom stereocenters. The minimum Gasteiger partial charge on any atom is -0.388 e. The third-order valence-corrected chi connectivity index (χ3v) is 1.39. The zero-order valence-corrected chi connectivity index (χ0v) is 7.17. The average Bonchev–Trinajstić information content (AvgIpc) is 1.84. The van der Waals surface area contributed by atoms with E-state index >= 15 is 0 Å². The molecule has 0 aliphatic rings. The van der Waals surface area contributed by atoms with Gasteiger partial charge in [0.25, 0.3) is 0 Å². The topological polar surface area (TPSA) is 84.6 Å². The SMILES string of the molecule is CCCC(C)(O)CN=C(N)N. The van der Waals surface area contributed by atoms with Crippen molar-refractivity contribution in [1.29, 1.82) is 0 Å². The van der Waals surface area contributed by atoms with Crippen LogP contribution in [0.1, 0.15) is 26.7 Å². The van der Waals surface area contributed by atoms with Crippen molar-refractivity contribution >= 4 is 5.96 Å². The highest BCUT2D eigenvalue weighted by Gasteiger charge is 2.17. The minimum absolute atomic E-state index is 0.0291. The predicted molar refractivity (Wildman–Crippen MR) is 46.2 cm³/mol. The molecule has 11 heavy (non-hydrogen) atoms. The van der Waals surface area contributed by atoms with Gasteiger partial charge >= 0.3 is 0 Å². The predicted octanol–water partition coefficient (Wildman–Crippen LogP) is -0.189. The number of rotatable bonds is 4. The number of guanidine groups is 1. The summed E-state index contributed by atoms with van der Waals surface area (Å²) < 4.78 is 0. The molecule has 4 heteroatoms. The van der Waals surface area contributed by atoms with Crippen LogP contribution in [0.25, 0.3) is 0 Å². The normalized spacial score (nSPS) is 15.5. The Kier molecular flexibility index (Phi) is 3.89. The zero-order valence-electron chi connectivity index (χ0n) is 7.17. The van der Waals surface area contributed by atoms with Crippen molar-refractivity contribution in [3.63, 3.8) is 0 Å². The Labute approximate surface area is 67.3 Å². The molecule has 0 aliphatic heterocycles. The number of nitrogens with zero attached hydrogens (tertiary/aromatic N) is 1. The lowest BCUT2D eigenvalue weighted by Crippen LogP contribution is -2.31. The molecule has 1 atom stereocenters. The fourth-order valence-corrected chi connectivity index (χ4v) is 0.879. The molecule has 0 aromatic carbocycles. The third-order valence-electron chi connectivity index (χ3n) is 1.39. The maximum Gasteiger partial charge on any atom is 0.186 e. The Morgan fingerprint density at radius 3 is 2.45 bits per heavy atom. The highest BCUT2D eigenvalue weighted by Crippen LogP contribution is 2.11. The largest absolute Gasteiger partial charge is 0.388 e. The molecule has 0 aromatic heterocycles. The van der Waals surface area contributed by atoms with Crippen LogP contribution >= 0.6 is 0 Å². The highest BCUT2D eigenvalue weighted by molar-refractivity contribution is 5.75. The summed E-state index contributed by atoms with van der Waals surface area (Å²) in [6.45, 7) is 4.01. The van der Waals surface area contributed by atoms with Crippen LogP contribution in [-0.2, 0) is 0 Å². The first-order chi connectivity index (χ1) is 4.98. The Morgan fingerprint density at radius 1 is 1.55 bits per heavy atom. The molecule has 0 saturated carbocycles. The van der Waals surface area contributed by atoms with E-state index in [2.05, 4.69) is 4.99 Å². The van der Waals surface area contributed by atoms with Gasteiger partial charge in [0.1, 0.15) is 0 Å². The average molecular weight is 159 g/mol. The summed E-state index contributed by atoms with van der Waals surface area (Å²) in [6.07, 6.45) is 1.64. The minimum atomic E-state index is -0.765. The molecular weight excluding hydrogens is 142 g/mol. The van der Waals surface area contributed by atoms with Gasteiger partial charge in [-0.1, -0.05) is 13.3 Å². The van der Waals surface area contributed by atoms with E-state index in [0.29, 0.717) is 6.42 Å². The summed E-state index contributed by atoms with van der Waals surface area (Å²) in [5.74, 6) is 0.0291. The van der Waals surface area contributed by atoms with Gasteiger partial charge < -0.3 is 16.6 Å². The summed E-state index contributed by atoms with van der Waals surface area (Å²) >= 11 is 0. The van der Waals surface area contributed by atoms with E-state index in [-0.39, 0.29) is 12.5 Å². The van der Waals surface area contributed by atoms with Gasteiger partial charge in [-0.2, -0.15) is 0 Å². The van der Waals surface area contributed by atoms with Crippen molar-refractivity contribution < 1.29 is 5.11 Å². The lowest BCUT2D eigenvalue weighted by molar-refractivity contribution is 0.0598. The van der Waals surface area contributed by atoms with Crippen LogP contribution in [-0.4, -0.2) is 23.2 Å². The van der Waals surface area contributed by atoms with Gasteiger partial charge in [-0.15, -0.1) is 0 Å². The Bertz CT molecular complexity index is 139. The zero-order chi connectivity index (χ0) is 8.91. The van der Waals surface area contributed by atoms with Crippen LogP contribution in [0.4, 0.5) is 0 Å².